The molecule has 2 heteroatoms. The first-order valence-corrected chi connectivity index (χ1v) is 5.81. The molecule has 0 aliphatic rings. The van der Waals surface area contributed by atoms with Gasteiger partial charge in [-0.15, -0.1) is 0 Å². The van der Waals surface area contributed by atoms with Crippen LogP contribution in [-0.4, -0.2) is 17.8 Å². The average Bonchev–Trinajstić information content (AvgIpc) is 2.27. The topological polar surface area (TPSA) is 29.5 Å². The number of methoxy groups -OCH3 is 1. The van der Waals surface area contributed by atoms with E-state index in [2.05, 4.69) is 12.1 Å². The predicted octanol–water partition coefficient (Wildman–Crippen LogP) is 3.03. The minimum absolute atomic E-state index is 0.283. The van der Waals surface area contributed by atoms with Crippen LogP contribution in [0.5, 0.6) is 5.75 Å². The zero-order chi connectivity index (χ0) is 12.2. The number of aliphatic hydroxyl groups is 1. The van der Waals surface area contributed by atoms with Gasteiger partial charge in [0.15, 0.2) is 0 Å². The van der Waals surface area contributed by atoms with Crippen molar-refractivity contribution in [3.05, 3.63) is 29.8 Å². The largest absolute Gasteiger partial charge is 0.497 e. The number of ether oxygens (including phenoxy) is 1. The van der Waals surface area contributed by atoms with E-state index >= 15 is 0 Å². The van der Waals surface area contributed by atoms with Crippen molar-refractivity contribution in [3.63, 3.8) is 0 Å². The van der Waals surface area contributed by atoms with Crippen LogP contribution >= 0.6 is 0 Å². The number of rotatable bonds is 5. The van der Waals surface area contributed by atoms with Crippen LogP contribution in [0.2, 0.25) is 0 Å². The Kier molecular flexibility index (Phi) is 4.36. The molecule has 0 aliphatic heterocycles. The Morgan fingerprint density at radius 1 is 1.25 bits per heavy atom. The Hall–Kier alpha value is -1.02. The highest BCUT2D eigenvalue weighted by molar-refractivity contribution is 5.27. The molecule has 0 fully saturated rings. The molecule has 0 radical (unpaired) electrons. The van der Waals surface area contributed by atoms with Crippen molar-refractivity contribution in [1.82, 2.24) is 0 Å². The van der Waals surface area contributed by atoms with Crippen molar-refractivity contribution in [2.45, 2.75) is 39.2 Å². The Morgan fingerprint density at radius 3 is 2.25 bits per heavy atom. The first-order valence-electron chi connectivity index (χ1n) is 5.81. The summed E-state index contributed by atoms with van der Waals surface area (Å²) in [5.74, 6) is 1.16. The van der Waals surface area contributed by atoms with E-state index in [1.54, 1.807) is 7.11 Å². The summed E-state index contributed by atoms with van der Waals surface area (Å²) in [5.41, 5.74) is 0.654. The Labute approximate surface area is 98.3 Å². The molecule has 0 saturated carbocycles. The minimum atomic E-state index is -0.583. The minimum Gasteiger partial charge on any atom is -0.497 e. The smallest absolute Gasteiger partial charge is 0.118 e. The molecule has 1 aromatic rings. The van der Waals surface area contributed by atoms with E-state index in [-0.39, 0.29) is 5.92 Å². The van der Waals surface area contributed by atoms with Crippen molar-refractivity contribution >= 4 is 0 Å². The predicted molar refractivity (Wildman–Crippen MR) is 66.8 cm³/mol. The molecule has 1 unspecified atom stereocenters. The van der Waals surface area contributed by atoms with E-state index in [0.29, 0.717) is 0 Å². The summed E-state index contributed by atoms with van der Waals surface area (Å²) in [5, 5.41) is 10.1. The van der Waals surface area contributed by atoms with Crippen LogP contribution in [0.3, 0.4) is 0 Å². The number of hydrogen-bond donors (Lipinski definition) is 1. The maximum atomic E-state index is 10.1. The first-order chi connectivity index (χ1) is 7.45. The molecule has 0 bridgehead atoms. The van der Waals surface area contributed by atoms with E-state index in [0.717, 1.165) is 18.6 Å². The van der Waals surface area contributed by atoms with Gasteiger partial charge in [0.2, 0.25) is 0 Å². The third-order valence-corrected chi connectivity index (χ3v) is 3.32. The molecule has 1 N–H and O–H groups in total. The van der Waals surface area contributed by atoms with Gasteiger partial charge in [-0.05, 0) is 43.4 Å². The highest BCUT2D eigenvalue weighted by Gasteiger charge is 2.24. The lowest BCUT2D eigenvalue weighted by molar-refractivity contribution is 0.00568. The van der Waals surface area contributed by atoms with Crippen LogP contribution < -0.4 is 4.74 Å². The lowest BCUT2D eigenvalue weighted by atomic mass is 9.87. The van der Waals surface area contributed by atoms with Crippen LogP contribution in [0, 0.1) is 5.92 Å². The second-order valence-corrected chi connectivity index (χ2v) is 4.86. The van der Waals surface area contributed by atoms with Crippen molar-refractivity contribution in [3.8, 4) is 5.75 Å². The van der Waals surface area contributed by atoms with Gasteiger partial charge in [0.05, 0.1) is 12.7 Å². The normalized spacial score (nSPS) is 14.9. The van der Waals surface area contributed by atoms with E-state index in [4.69, 9.17) is 4.74 Å². The fourth-order valence-corrected chi connectivity index (χ4v) is 1.48. The molecule has 0 aromatic heterocycles. The molecular formula is C14H22O2. The Bertz CT molecular complexity index is 312. The van der Waals surface area contributed by atoms with Gasteiger partial charge in [-0.3, -0.25) is 0 Å². The van der Waals surface area contributed by atoms with Crippen LogP contribution in [0.15, 0.2) is 24.3 Å². The number of aryl methyl sites for hydroxylation is 1. The van der Waals surface area contributed by atoms with Crippen LogP contribution in [-0.2, 0) is 6.42 Å². The molecule has 0 aliphatic carbocycles. The maximum Gasteiger partial charge on any atom is 0.118 e. The highest BCUT2D eigenvalue weighted by Crippen LogP contribution is 2.23. The van der Waals surface area contributed by atoms with Crippen molar-refractivity contribution in [1.29, 1.82) is 0 Å². The molecule has 0 heterocycles. The maximum absolute atomic E-state index is 10.1. The monoisotopic (exact) mass is 222 g/mol. The second-order valence-electron chi connectivity index (χ2n) is 4.86. The van der Waals surface area contributed by atoms with Crippen LogP contribution in [0.4, 0.5) is 0 Å². The standard InChI is InChI=1S/C14H22O2/c1-11(2)14(3,15)10-9-12-5-7-13(16-4)8-6-12/h5-8,11,15H,9-10H2,1-4H3. The van der Waals surface area contributed by atoms with E-state index in [1.165, 1.54) is 5.56 Å². The Morgan fingerprint density at radius 2 is 1.81 bits per heavy atom. The molecule has 1 atom stereocenters. The summed E-state index contributed by atoms with van der Waals surface area (Å²) in [6.07, 6.45) is 1.69. The molecule has 90 valence electrons. The molecule has 0 saturated heterocycles. The molecule has 1 rings (SSSR count). The third kappa shape index (κ3) is 3.53. The van der Waals surface area contributed by atoms with Crippen LogP contribution in [0.25, 0.3) is 0 Å². The fraction of sp³-hybridized carbons (Fsp3) is 0.571. The molecule has 16 heavy (non-hydrogen) atoms. The quantitative estimate of drug-likeness (QED) is 0.829. The molecular weight excluding hydrogens is 200 g/mol. The summed E-state index contributed by atoms with van der Waals surface area (Å²) >= 11 is 0. The van der Waals surface area contributed by atoms with Gasteiger partial charge in [0.25, 0.3) is 0 Å². The molecule has 0 amide bonds. The lowest BCUT2D eigenvalue weighted by Crippen LogP contribution is -2.31. The van der Waals surface area contributed by atoms with Gasteiger partial charge >= 0.3 is 0 Å². The van der Waals surface area contributed by atoms with E-state index in [1.807, 2.05) is 32.9 Å². The molecule has 1 aromatic carbocycles. The van der Waals surface area contributed by atoms with Gasteiger partial charge in [-0.1, -0.05) is 26.0 Å². The zero-order valence-electron chi connectivity index (χ0n) is 10.7. The van der Waals surface area contributed by atoms with E-state index in [9.17, 15) is 5.11 Å². The fourth-order valence-electron chi connectivity index (χ4n) is 1.48. The average molecular weight is 222 g/mol. The highest BCUT2D eigenvalue weighted by atomic mass is 16.5. The summed E-state index contributed by atoms with van der Waals surface area (Å²) in [6.45, 7) is 6.00. The van der Waals surface area contributed by atoms with E-state index < -0.39 is 5.60 Å². The second kappa shape index (κ2) is 5.35. The third-order valence-electron chi connectivity index (χ3n) is 3.32. The summed E-state index contributed by atoms with van der Waals surface area (Å²) in [6, 6.07) is 8.02. The van der Waals surface area contributed by atoms with Gasteiger partial charge in [-0.2, -0.15) is 0 Å². The first kappa shape index (κ1) is 13.0. The van der Waals surface area contributed by atoms with Gasteiger partial charge in [0, 0.05) is 0 Å². The lowest BCUT2D eigenvalue weighted by Gasteiger charge is -2.27. The number of hydrogen-bond acceptors (Lipinski definition) is 2. The summed E-state index contributed by atoms with van der Waals surface area (Å²) in [4.78, 5) is 0. The van der Waals surface area contributed by atoms with Crippen molar-refractivity contribution in [2.75, 3.05) is 7.11 Å². The van der Waals surface area contributed by atoms with Crippen molar-refractivity contribution in [2.24, 2.45) is 5.92 Å². The number of benzene rings is 1. The zero-order valence-corrected chi connectivity index (χ0v) is 10.7. The van der Waals surface area contributed by atoms with Crippen LogP contribution in [0.1, 0.15) is 32.8 Å². The van der Waals surface area contributed by atoms with Gasteiger partial charge in [0.1, 0.15) is 5.75 Å². The van der Waals surface area contributed by atoms with Gasteiger partial charge < -0.3 is 9.84 Å². The van der Waals surface area contributed by atoms with Crippen molar-refractivity contribution < 1.29 is 9.84 Å². The molecule has 2 nitrogen and oxygen atoms in total. The summed E-state index contributed by atoms with van der Waals surface area (Å²) in [7, 11) is 1.67. The summed E-state index contributed by atoms with van der Waals surface area (Å²) < 4.78 is 5.10. The van der Waals surface area contributed by atoms with Gasteiger partial charge in [-0.25, -0.2) is 0 Å². The Balaban J connectivity index is 2.54. The molecule has 0 spiro atoms. The SMILES string of the molecule is COc1ccc(CCC(C)(O)C(C)C)cc1.